The number of carbonyl (C=O) groups is 1. The third kappa shape index (κ3) is 3.75. The van der Waals surface area contributed by atoms with Crippen LogP contribution in [-0.2, 0) is 9.53 Å². The Balaban J connectivity index is 2.40. The number of guanidine groups is 1. The van der Waals surface area contributed by atoms with E-state index >= 15 is 0 Å². The van der Waals surface area contributed by atoms with Crippen molar-refractivity contribution in [2.45, 2.75) is 0 Å². The molecular weight excluding hydrogens is 196 g/mol. The number of hydrogen-bond donors (Lipinski definition) is 1. The van der Waals surface area contributed by atoms with Gasteiger partial charge in [0.25, 0.3) is 0 Å². The Labute approximate surface area is 89.7 Å². The molecule has 0 unspecified atom stereocenters. The lowest BCUT2D eigenvalue weighted by molar-refractivity contribution is -0.127. The van der Waals surface area contributed by atoms with Gasteiger partial charge in [0.2, 0.25) is 5.91 Å². The van der Waals surface area contributed by atoms with Crippen LogP contribution >= 0.6 is 0 Å². The second-order valence-electron chi connectivity index (χ2n) is 3.56. The molecule has 0 radical (unpaired) electrons. The third-order valence-corrected chi connectivity index (χ3v) is 2.21. The Morgan fingerprint density at radius 3 is 2.60 bits per heavy atom. The molecule has 1 saturated heterocycles. The van der Waals surface area contributed by atoms with Gasteiger partial charge in [-0.1, -0.05) is 0 Å². The van der Waals surface area contributed by atoms with Crippen molar-refractivity contribution in [3.05, 3.63) is 0 Å². The second-order valence-corrected chi connectivity index (χ2v) is 3.56. The van der Waals surface area contributed by atoms with Gasteiger partial charge in [-0.15, -0.1) is 0 Å². The van der Waals surface area contributed by atoms with Crippen molar-refractivity contribution >= 4 is 11.9 Å². The maximum absolute atomic E-state index is 11.3. The van der Waals surface area contributed by atoms with Crippen molar-refractivity contribution in [3.63, 3.8) is 0 Å². The molecule has 1 aliphatic heterocycles. The molecule has 0 spiro atoms. The summed E-state index contributed by atoms with van der Waals surface area (Å²) >= 11 is 0. The second kappa shape index (κ2) is 5.55. The van der Waals surface area contributed by atoms with Crippen LogP contribution in [-0.4, -0.2) is 68.6 Å². The van der Waals surface area contributed by atoms with E-state index in [-0.39, 0.29) is 12.5 Å². The predicted molar refractivity (Wildman–Crippen MR) is 57.6 cm³/mol. The molecule has 0 aromatic heterocycles. The number of nitrogens with two attached hydrogens (primary N) is 1. The SMILES string of the molecule is CN(C)C(=O)CN=C(N)N1CCOCC1. The summed E-state index contributed by atoms with van der Waals surface area (Å²) in [5, 5.41) is 0. The largest absolute Gasteiger partial charge is 0.378 e. The molecule has 1 aliphatic rings. The molecule has 1 fully saturated rings. The normalized spacial score (nSPS) is 17.7. The van der Waals surface area contributed by atoms with Gasteiger partial charge in [-0.05, 0) is 0 Å². The summed E-state index contributed by atoms with van der Waals surface area (Å²) < 4.78 is 5.19. The van der Waals surface area contributed by atoms with Crippen LogP contribution in [0.3, 0.4) is 0 Å². The Morgan fingerprint density at radius 2 is 2.07 bits per heavy atom. The smallest absolute Gasteiger partial charge is 0.243 e. The Morgan fingerprint density at radius 1 is 1.47 bits per heavy atom. The summed E-state index contributed by atoms with van der Waals surface area (Å²) in [7, 11) is 3.39. The average molecular weight is 214 g/mol. The third-order valence-electron chi connectivity index (χ3n) is 2.21. The zero-order chi connectivity index (χ0) is 11.3. The van der Waals surface area contributed by atoms with Crippen molar-refractivity contribution in [1.29, 1.82) is 0 Å². The molecule has 86 valence electrons. The monoisotopic (exact) mass is 214 g/mol. The first-order valence-electron chi connectivity index (χ1n) is 4.94. The van der Waals surface area contributed by atoms with Gasteiger partial charge in [-0.3, -0.25) is 4.79 Å². The zero-order valence-electron chi connectivity index (χ0n) is 9.27. The van der Waals surface area contributed by atoms with E-state index in [2.05, 4.69) is 4.99 Å². The molecule has 0 aliphatic carbocycles. The van der Waals surface area contributed by atoms with E-state index in [0.29, 0.717) is 19.2 Å². The maximum atomic E-state index is 11.3. The fourth-order valence-corrected chi connectivity index (χ4v) is 1.18. The first-order valence-corrected chi connectivity index (χ1v) is 4.94. The van der Waals surface area contributed by atoms with Gasteiger partial charge in [-0.25, -0.2) is 4.99 Å². The number of hydrogen-bond acceptors (Lipinski definition) is 3. The highest BCUT2D eigenvalue weighted by Gasteiger charge is 2.12. The Hall–Kier alpha value is -1.30. The highest BCUT2D eigenvalue weighted by molar-refractivity contribution is 5.83. The predicted octanol–water partition coefficient (Wildman–Crippen LogP) is -1.28. The Bertz CT molecular complexity index is 246. The molecule has 0 aromatic carbocycles. The molecule has 0 atom stereocenters. The molecule has 0 bridgehead atoms. The molecule has 0 aromatic rings. The molecule has 6 heteroatoms. The van der Waals surface area contributed by atoms with E-state index < -0.39 is 0 Å². The summed E-state index contributed by atoms with van der Waals surface area (Å²) in [6.45, 7) is 2.92. The maximum Gasteiger partial charge on any atom is 0.243 e. The fourth-order valence-electron chi connectivity index (χ4n) is 1.18. The van der Waals surface area contributed by atoms with Crippen LogP contribution in [0.2, 0.25) is 0 Å². The van der Waals surface area contributed by atoms with Gasteiger partial charge in [-0.2, -0.15) is 0 Å². The molecular formula is C9H18N4O2. The van der Waals surface area contributed by atoms with Gasteiger partial charge in [0.05, 0.1) is 13.2 Å². The van der Waals surface area contributed by atoms with Crippen molar-refractivity contribution < 1.29 is 9.53 Å². The molecule has 15 heavy (non-hydrogen) atoms. The lowest BCUT2D eigenvalue weighted by Gasteiger charge is -2.27. The lowest BCUT2D eigenvalue weighted by Crippen LogP contribution is -2.45. The summed E-state index contributed by atoms with van der Waals surface area (Å²) in [4.78, 5) is 18.7. The average Bonchev–Trinajstić information content (AvgIpc) is 2.26. The number of rotatable bonds is 2. The molecule has 6 nitrogen and oxygen atoms in total. The van der Waals surface area contributed by atoms with E-state index in [4.69, 9.17) is 10.5 Å². The highest BCUT2D eigenvalue weighted by Crippen LogP contribution is 1.96. The van der Waals surface area contributed by atoms with E-state index in [1.165, 1.54) is 4.90 Å². The molecule has 1 rings (SSSR count). The van der Waals surface area contributed by atoms with Crippen LogP contribution in [0.5, 0.6) is 0 Å². The minimum absolute atomic E-state index is 0.0498. The summed E-state index contributed by atoms with van der Waals surface area (Å²) in [6, 6.07) is 0. The van der Waals surface area contributed by atoms with Crippen LogP contribution in [0.15, 0.2) is 4.99 Å². The highest BCUT2D eigenvalue weighted by atomic mass is 16.5. The number of nitrogens with zero attached hydrogens (tertiary/aromatic N) is 3. The minimum Gasteiger partial charge on any atom is -0.378 e. The van der Waals surface area contributed by atoms with E-state index in [9.17, 15) is 4.79 Å². The van der Waals surface area contributed by atoms with Crippen LogP contribution in [0.1, 0.15) is 0 Å². The van der Waals surface area contributed by atoms with E-state index in [0.717, 1.165) is 13.1 Å². The zero-order valence-corrected chi connectivity index (χ0v) is 9.27. The van der Waals surface area contributed by atoms with Gasteiger partial charge >= 0.3 is 0 Å². The number of ether oxygens (including phenoxy) is 1. The van der Waals surface area contributed by atoms with Crippen LogP contribution < -0.4 is 5.73 Å². The quantitative estimate of drug-likeness (QED) is 0.459. The van der Waals surface area contributed by atoms with Crippen molar-refractivity contribution in [2.75, 3.05) is 46.9 Å². The number of likely N-dealkylation sites (N-methyl/N-ethyl adjacent to an activating group) is 1. The van der Waals surface area contributed by atoms with Gasteiger partial charge < -0.3 is 20.3 Å². The number of carbonyl (C=O) groups excluding carboxylic acids is 1. The van der Waals surface area contributed by atoms with E-state index in [1.54, 1.807) is 14.1 Å². The molecule has 1 heterocycles. The summed E-state index contributed by atoms with van der Waals surface area (Å²) in [5.74, 6) is 0.375. The summed E-state index contributed by atoms with van der Waals surface area (Å²) in [6.07, 6.45) is 0. The first-order chi connectivity index (χ1) is 7.11. The number of amides is 1. The first kappa shape index (κ1) is 11.8. The van der Waals surface area contributed by atoms with Gasteiger partial charge in [0, 0.05) is 27.2 Å². The standard InChI is InChI=1S/C9H18N4O2/c1-12(2)8(14)7-11-9(10)13-3-5-15-6-4-13/h3-7H2,1-2H3,(H2,10,11). The van der Waals surface area contributed by atoms with Crippen molar-refractivity contribution in [2.24, 2.45) is 10.7 Å². The lowest BCUT2D eigenvalue weighted by atomic mass is 10.4. The van der Waals surface area contributed by atoms with Crippen LogP contribution in [0.25, 0.3) is 0 Å². The molecule has 2 N–H and O–H groups in total. The fraction of sp³-hybridized carbons (Fsp3) is 0.778. The summed E-state index contributed by atoms with van der Waals surface area (Å²) in [5.41, 5.74) is 5.75. The molecule has 0 saturated carbocycles. The minimum atomic E-state index is -0.0498. The van der Waals surface area contributed by atoms with Crippen molar-refractivity contribution in [3.8, 4) is 0 Å². The molecule has 1 amide bonds. The van der Waals surface area contributed by atoms with E-state index in [1.807, 2.05) is 4.90 Å². The van der Waals surface area contributed by atoms with Crippen LogP contribution in [0, 0.1) is 0 Å². The van der Waals surface area contributed by atoms with Gasteiger partial charge in [0.1, 0.15) is 6.54 Å². The van der Waals surface area contributed by atoms with Crippen LogP contribution in [0.4, 0.5) is 0 Å². The number of aliphatic imine (C=N–C) groups is 1. The van der Waals surface area contributed by atoms with Crippen molar-refractivity contribution in [1.82, 2.24) is 9.80 Å². The van der Waals surface area contributed by atoms with Gasteiger partial charge in [0.15, 0.2) is 5.96 Å². The number of morpholine rings is 1. The topological polar surface area (TPSA) is 71.2 Å². The Kier molecular flexibility index (Phi) is 4.36.